The van der Waals surface area contributed by atoms with Crippen molar-refractivity contribution in [2.45, 2.75) is 6.42 Å². The van der Waals surface area contributed by atoms with E-state index in [0.717, 1.165) is 0 Å². The molecule has 0 atom stereocenters. The lowest BCUT2D eigenvalue weighted by Gasteiger charge is -2.06. The van der Waals surface area contributed by atoms with Gasteiger partial charge in [0.25, 0.3) is 0 Å². The molecule has 0 aromatic carbocycles. The van der Waals surface area contributed by atoms with E-state index >= 15 is 0 Å². The Kier molecular flexibility index (Phi) is 3.37. The summed E-state index contributed by atoms with van der Waals surface area (Å²) in [7, 11) is 1.27. The Labute approximate surface area is 102 Å². The zero-order chi connectivity index (χ0) is 13.0. The van der Waals surface area contributed by atoms with Crippen molar-refractivity contribution < 1.29 is 14.3 Å². The minimum absolute atomic E-state index is 0.0906. The Morgan fingerprint density at radius 2 is 2.39 bits per heavy atom. The molecule has 8 nitrogen and oxygen atoms in total. The van der Waals surface area contributed by atoms with Crippen LogP contribution in [0.3, 0.4) is 0 Å². The topological polar surface area (TPSA) is 99.9 Å². The molecule has 2 aromatic heterocycles. The second-order valence-corrected chi connectivity index (χ2v) is 3.32. The quantitative estimate of drug-likeness (QED) is 0.534. The number of hydrogen-bond donors (Lipinski definition) is 0. The molecule has 2 heterocycles. The van der Waals surface area contributed by atoms with Crippen LogP contribution in [0.4, 0.5) is 0 Å². The van der Waals surface area contributed by atoms with Gasteiger partial charge in [0, 0.05) is 12.6 Å². The average molecular weight is 247 g/mol. The number of methoxy groups -OCH3 is 1. The van der Waals surface area contributed by atoms with E-state index in [1.54, 1.807) is 0 Å². The van der Waals surface area contributed by atoms with Gasteiger partial charge in [-0.15, -0.1) is 5.10 Å². The number of aldehydes is 1. The van der Waals surface area contributed by atoms with Gasteiger partial charge in [0.15, 0.2) is 5.82 Å². The first kappa shape index (κ1) is 11.8. The molecule has 0 bridgehead atoms. The van der Waals surface area contributed by atoms with Crippen LogP contribution in [0.2, 0.25) is 0 Å². The van der Waals surface area contributed by atoms with Crippen LogP contribution in [0.1, 0.15) is 15.9 Å². The van der Waals surface area contributed by atoms with Crippen LogP contribution in [0.5, 0.6) is 0 Å². The maximum atomic E-state index is 11.6. The molecule has 0 amide bonds. The number of hydrogen-bond acceptors (Lipinski definition) is 7. The molecule has 0 fully saturated rings. The number of carbonyl (C=O) groups excluding carboxylic acids is 2. The van der Waals surface area contributed by atoms with Crippen molar-refractivity contribution in [1.29, 1.82) is 0 Å². The van der Waals surface area contributed by atoms with Crippen molar-refractivity contribution >= 4 is 12.3 Å². The zero-order valence-electron chi connectivity index (χ0n) is 9.48. The van der Waals surface area contributed by atoms with Gasteiger partial charge >= 0.3 is 5.97 Å². The molecule has 0 spiro atoms. The lowest BCUT2D eigenvalue weighted by Crippen LogP contribution is -2.10. The van der Waals surface area contributed by atoms with Crippen LogP contribution in [-0.4, -0.2) is 44.6 Å². The molecule has 0 unspecified atom stereocenters. The minimum Gasteiger partial charge on any atom is -0.465 e. The summed E-state index contributed by atoms with van der Waals surface area (Å²) in [5.74, 6) is -0.168. The molecule has 0 N–H and O–H groups in total. The molecule has 92 valence electrons. The van der Waals surface area contributed by atoms with Gasteiger partial charge in [0.1, 0.15) is 12.6 Å². The third-order valence-electron chi connectivity index (χ3n) is 2.26. The first-order valence-corrected chi connectivity index (χ1v) is 5.00. The van der Waals surface area contributed by atoms with Crippen LogP contribution < -0.4 is 0 Å². The number of aromatic nitrogens is 5. The van der Waals surface area contributed by atoms with E-state index < -0.39 is 5.97 Å². The Balaban J connectivity index is 2.48. The number of tetrazole rings is 1. The second kappa shape index (κ2) is 5.13. The Hall–Kier alpha value is -2.64. The second-order valence-electron chi connectivity index (χ2n) is 3.32. The summed E-state index contributed by atoms with van der Waals surface area (Å²) in [6.45, 7) is 0. The summed E-state index contributed by atoms with van der Waals surface area (Å²) >= 11 is 0. The number of pyridine rings is 1. The van der Waals surface area contributed by atoms with E-state index in [1.165, 1.54) is 30.4 Å². The lowest BCUT2D eigenvalue weighted by molar-refractivity contribution is -0.107. The highest BCUT2D eigenvalue weighted by atomic mass is 16.5. The maximum Gasteiger partial charge on any atom is 0.338 e. The molecule has 0 aliphatic rings. The third-order valence-corrected chi connectivity index (χ3v) is 2.26. The summed E-state index contributed by atoms with van der Waals surface area (Å²) in [4.78, 5) is 26.2. The van der Waals surface area contributed by atoms with Crippen LogP contribution in [0.25, 0.3) is 5.82 Å². The first-order valence-electron chi connectivity index (χ1n) is 5.00. The Morgan fingerprint density at radius 3 is 3.00 bits per heavy atom. The van der Waals surface area contributed by atoms with Gasteiger partial charge in [-0.1, -0.05) is 0 Å². The SMILES string of the molecule is COC(=O)c1cc(-n2cnnn2)ncc1CC=O. The van der Waals surface area contributed by atoms with E-state index in [9.17, 15) is 9.59 Å². The Morgan fingerprint density at radius 1 is 1.56 bits per heavy atom. The van der Waals surface area contributed by atoms with Crippen LogP contribution >= 0.6 is 0 Å². The van der Waals surface area contributed by atoms with Crippen LogP contribution in [-0.2, 0) is 16.0 Å². The summed E-state index contributed by atoms with van der Waals surface area (Å²) in [5, 5.41) is 10.6. The van der Waals surface area contributed by atoms with E-state index in [0.29, 0.717) is 17.7 Å². The van der Waals surface area contributed by atoms with Crippen LogP contribution in [0, 0.1) is 0 Å². The molecule has 0 aliphatic heterocycles. The first-order chi connectivity index (χ1) is 8.76. The fourth-order valence-electron chi connectivity index (χ4n) is 1.42. The lowest BCUT2D eigenvalue weighted by atomic mass is 10.1. The van der Waals surface area contributed by atoms with Gasteiger partial charge in [-0.05, 0) is 22.1 Å². The smallest absolute Gasteiger partial charge is 0.338 e. The molecule has 18 heavy (non-hydrogen) atoms. The number of ether oxygens (including phenoxy) is 1. The Bertz CT molecular complexity index is 567. The largest absolute Gasteiger partial charge is 0.465 e. The maximum absolute atomic E-state index is 11.6. The molecule has 2 aromatic rings. The fraction of sp³-hybridized carbons (Fsp3) is 0.200. The van der Waals surface area contributed by atoms with E-state index in [2.05, 4.69) is 25.2 Å². The van der Waals surface area contributed by atoms with Crippen molar-refractivity contribution in [2.24, 2.45) is 0 Å². The molecule has 0 saturated carbocycles. The van der Waals surface area contributed by atoms with Gasteiger partial charge in [-0.2, -0.15) is 4.68 Å². The van der Waals surface area contributed by atoms with Crippen LogP contribution in [0.15, 0.2) is 18.6 Å². The van der Waals surface area contributed by atoms with Crippen molar-refractivity contribution in [2.75, 3.05) is 7.11 Å². The zero-order valence-corrected chi connectivity index (χ0v) is 9.48. The van der Waals surface area contributed by atoms with Crippen molar-refractivity contribution in [3.05, 3.63) is 29.7 Å². The number of rotatable bonds is 4. The minimum atomic E-state index is -0.538. The molecule has 0 saturated heterocycles. The van der Waals surface area contributed by atoms with Gasteiger partial charge in [0.2, 0.25) is 0 Å². The summed E-state index contributed by atoms with van der Waals surface area (Å²) in [6.07, 6.45) is 3.56. The van der Waals surface area contributed by atoms with Crippen molar-refractivity contribution in [3.8, 4) is 5.82 Å². The predicted molar refractivity (Wildman–Crippen MR) is 58.1 cm³/mol. The summed E-state index contributed by atoms with van der Waals surface area (Å²) < 4.78 is 5.95. The molecular formula is C10H9N5O3. The molecular weight excluding hydrogens is 238 g/mol. The van der Waals surface area contributed by atoms with E-state index in [1.807, 2.05) is 0 Å². The van der Waals surface area contributed by atoms with E-state index in [-0.39, 0.29) is 12.0 Å². The van der Waals surface area contributed by atoms with Gasteiger partial charge in [0.05, 0.1) is 12.7 Å². The summed E-state index contributed by atoms with van der Waals surface area (Å²) in [6, 6.07) is 1.47. The summed E-state index contributed by atoms with van der Waals surface area (Å²) in [5.41, 5.74) is 0.763. The predicted octanol–water partition coefficient (Wildman–Crippen LogP) is -0.415. The van der Waals surface area contributed by atoms with Gasteiger partial charge in [-0.25, -0.2) is 9.78 Å². The normalized spacial score (nSPS) is 10.1. The van der Waals surface area contributed by atoms with E-state index in [4.69, 9.17) is 0 Å². The number of esters is 1. The molecule has 0 radical (unpaired) electrons. The van der Waals surface area contributed by atoms with Crippen molar-refractivity contribution in [3.63, 3.8) is 0 Å². The van der Waals surface area contributed by atoms with Gasteiger partial charge < -0.3 is 9.53 Å². The number of carbonyl (C=O) groups is 2. The number of nitrogens with zero attached hydrogens (tertiary/aromatic N) is 5. The highest BCUT2D eigenvalue weighted by Gasteiger charge is 2.14. The monoisotopic (exact) mass is 247 g/mol. The third kappa shape index (κ3) is 2.21. The van der Waals surface area contributed by atoms with Crippen molar-refractivity contribution in [1.82, 2.24) is 25.2 Å². The molecule has 2 rings (SSSR count). The van der Waals surface area contributed by atoms with Gasteiger partial charge in [-0.3, -0.25) is 0 Å². The highest BCUT2D eigenvalue weighted by molar-refractivity contribution is 5.92. The molecule has 0 aliphatic carbocycles. The standard InChI is InChI=1S/C10H9N5O3/c1-18-10(17)8-4-9(15-6-12-13-14-15)11-5-7(8)2-3-16/h3-6H,2H2,1H3. The molecule has 8 heteroatoms. The fourth-order valence-corrected chi connectivity index (χ4v) is 1.42. The highest BCUT2D eigenvalue weighted by Crippen LogP contribution is 2.13. The average Bonchev–Trinajstić information content (AvgIpc) is 2.92.